The van der Waals surface area contributed by atoms with Crippen LogP contribution < -0.4 is 10.6 Å². The lowest BCUT2D eigenvalue weighted by Crippen LogP contribution is -2.33. The van der Waals surface area contributed by atoms with E-state index in [0.29, 0.717) is 21.5 Å². The van der Waals surface area contributed by atoms with Crippen molar-refractivity contribution in [3.63, 3.8) is 0 Å². The van der Waals surface area contributed by atoms with Gasteiger partial charge in [0, 0.05) is 21.5 Å². The molecule has 4 unspecified atom stereocenters. The largest absolute Gasteiger partial charge is 0.377 e. The van der Waals surface area contributed by atoms with Gasteiger partial charge in [0.05, 0.1) is 23.3 Å². The van der Waals surface area contributed by atoms with E-state index >= 15 is 0 Å². The molecule has 0 aromatic heterocycles. The molecule has 5 heteroatoms. The number of hydrogen-bond acceptors (Lipinski definition) is 2. The average molecular weight is 463 g/mol. The topological polar surface area (TPSA) is 41.1 Å². The lowest BCUT2D eigenvalue weighted by atomic mass is 9.76. The van der Waals surface area contributed by atoms with Crippen molar-refractivity contribution >= 4 is 34.8 Å². The predicted octanol–water partition coefficient (Wildman–Crippen LogP) is 7.31. The Morgan fingerprint density at radius 2 is 1.72 bits per heavy atom. The summed E-state index contributed by atoms with van der Waals surface area (Å²) in [4.78, 5) is 13.3. The Balaban J connectivity index is 1.52. The van der Waals surface area contributed by atoms with Gasteiger partial charge in [-0.2, -0.15) is 0 Å². The van der Waals surface area contributed by atoms with Crippen LogP contribution in [0, 0.1) is 5.92 Å². The Bertz CT molecular complexity index is 1170. The molecule has 1 amide bonds. The van der Waals surface area contributed by atoms with Gasteiger partial charge in [-0.1, -0.05) is 83.9 Å². The highest BCUT2D eigenvalue weighted by Gasteiger charge is 2.40. The van der Waals surface area contributed by atoms with Crippen molar-refractivity contribution in [2.75, 3.05) is 5.32 Å². The Morgan fingerprint density at radius 3 is 2.47 bits per heavy atom. The first-order valence-corrected chi connectivity index (χ1v) is 11.7. The molecule has 0 saturated heterocycles. The van der Waals surface area contributed by atoms with Crippen molar-refractivity contribution in [3.8, 4) is 0 Å². The molecular weight excluding hydrogens is 439 g/mol. The van der Waals surface area contributed by atoms with E-state index in [4.69, 9.17) is 23.2 Å². The maximum Gasteiger partial charge on any atom is 0.253 e. The van der Waals surface area contributed by atoms with Crippen molar-refractivity contribution in [2.24, 2.45) is 5.92 Å². The average Bonchev–Trinajstić information content (AvgIpc) is 3.29. The molecule has 3 nitrogen and oxygen atoms in total. The molecule has 32 heavy (non-hydrogen) atoms. The summed E-state index contributed by atoms with van der Waals surface area (Å²) >= 11 is 13.2. The lowest BCUT2D eigenvalue weighted by Gasteiger charge is -2.39. The summed E-state index contributed by atoms with van der Waals surface area (Å²) in [6.45, 7) is 2.00. The van der Waals surface area contributed by atoms with E-state index in [1.807, 2.05) is 67.6 Å². The van der Waals surface area contributed by atoms with Gasteiger partial charge in [-0.25, -0.2) is 0 Å². The fraction of sp³-hybridized carbons (Fsp3) is 0.222. The minimum atomic E-state index is -0.102. The van der Waals surface area contributed by atoms with E-state index in [1.54, 1.807) is 0 Å². The Kier molecular flexibility index (Phi) is 5.71. The van der Waals surface area contributed by atoms with Crippen LogP contribution in [-0.2, 0) is 0 Å². The number of halogens is 2. The van der Waals surface area contributed by atoms with Gasteiger partial charge in [0.25, 0.3) is 5.91 Å². The maximum atomic E-state index is 13.3. The summed E-state index contributed by atoms with van der Waals surface area (Å²) in [5.41, 5.74) is 4.60. The SMILES string of the molecule is CC(NC(=O)c1cccc2c1NC(c1c(Cl)cccc1Cl)C1CC=CC21)c1ccccc1. The highest BCUT2D eigenvalue weighted by Crippen LogP contribution is 2.52. The number of hydrogen-bond donors (Lipinski definition) is 2. The van der Waals surface area contributed by atoms with Crippen molar-refractivity contribution < 1.29 is 4.79 Å². The first kappa shape index (κ1) is 21.1. The first-order valence-electron chi connectivity index (χ1n) is 10.9. The van der Waals surface area contributed by atoms with Crippen LogP contribution in [0.25, 0.3) is 0 Å². The zero-order valence-electron chi connectivity index (χ0n) is 17.7. The summed E-state index contributed by atoms with van der Waals surface area (Å²) < 4.78 is 0. The van der Waals surface area contributed by atoms with Crippen LogP contribution in [0.1, 0.15) is 58.4 Å². The van der Waals surface area contributed by atoms with E-state index < -0.39 is 0 Å². The molecule has 3 aromatic carbocycles. The van der Waals surface area contributed by atoms with Crippen LogP contribution >= 0.6 is 23.2 Å². The van der Waals surface area contributed by atoms with E-state index in [2.05, 4.69) is 28.9 Å². The summed E-state index contributed by atoms with van der Waals surface area (Å²) in [6.07, 6.45) is 5.40. The van der Waals surface area contributed by atoms with Crippen molar-refractivity contribution in [3.05, 3.63) is 111 Å². The van der Waals surface area contributed by atoms with E-state index in [-0.39, 0.29) is 23.9 Å². The number of carbonyl (C=O) groups is 1. The Morgan fingerprint density at radius 1 is 1.00 bits per heavy atom. The standard InChI is InChI=1S/C27H24Cl2N2O/c1-16(17-8-3-2-4-9-17)30-27(32)21-13-6-11-19-18-10-5-12-20(18)26(31-25(19)21)24-22(28)14-7-15-23(24)29/h2-11,13-16,18,20,26,31H,12H2,1H3,(H,30,32). The number of amides is 1. The molecule has 1 aliphatic carbocycles. The fourth-order valence-electron chi connectivity index (χ4n) is 5.00. The first-order chi connectivity index (χ1) is 15.5. The second-order valence-electron chi connectivity index (χ2n) is 8.49. The number of anilines is 1. The zero-order valence-corrected chi connectivity index (χ0v) is 19.2. The molecule has 4 atom stereocenters. The molecule has 0 radical (unpaired) electrons. The molecule has 0 saturated carbocycles. The zero-order chi connectivity index (χ0) is 22.2. The molecule has 2 aliphatic rings. The van der Waals surface area contributed by atoms with Gasteiger partial charge in [-0.15, -0.1) is 0 Å². The number of rotatable bonds is 4. The maximum absolute atomic E-state index is 13.3. The van der Waals surface area contributed by atoms with Gasteiger partial charge in [0.15, 0.2) is 0 Å². The van der Waals surface area contributed by atoms with Gasteiger partial charge in [0.1, 0.15) is 0 Å². The molecule has 1 heterocycles. The second kappa shape index (κ2) is 8.65. The minimum absolute atomic E-state index is 0.0794. The van der Waals surface area contributed by atoms with E-state index in [1.165, 1.54) is 0 Å². The van der Waals surface area contributed by atoms with E-state index in [9.17, 15) is 4.79 Å². The summed E-state index contributed by atoms with van der Waals surface area (Å²) in [7, 11) is 0. The van der Waals surface area contributed by atoms with E-state index in [0.717, 1.165) is 28.8 Å². The molecule has 0 bridgehead atoms. The molecule has 0 spiro atoms. The third-order valence-electron chi connectivity index (χ3n) is 6.60. The number of para-hydroxylation sites is 1. The molecule has 5 rings (SSSR count). The van der Waals surface area contributed by atoms with Gasteiger partial charge in [-0.05, 0) is 48.6 Å². The molecule has 3 aromatic rings. The van der Waals surface area contributed by atoms with Crippen molar-refractivity contribution in [2.45, 2.75) is 31.3 Å². The number of benzene rings is 3. The minimum Gasteiger partial charge on any atom is -0.377 e. The number of carbonyl (C=O) groups excluding carboxylic acids is 1. The number of fused-ring (bicyclic) bond motifs is 3. The molecule has 1 aliphatic heterocycles. The quantitative estimate of drug-likeness (QED) is 0.399. The Hall–Kier alpha value is -2.75. The normalized spacial score (nSPS) is 21.9. The predicted molar refractivity (Wildman–Crippen MR) is 132 cm³/mol. The summed E-state index contributed by atoms with van der Waals surface area (Å²) in [5, 5.41) is 8.09. The van der Waals surface area contributed by atoms with Crippen LogP contribution in [0.15, 0.2) is 78.9 Å². The second-order valence-corrected chi connectivity index (χ2v) is 9.30. The Labute approximate surface area is 198 Å². The van der Waals surface area contributed by atoms with Crippen LogP contribution in [0.2, 0.25) is 10.0 Å². The van der Waals surface area contributed by atoms with Crippen molar-refractivity contribution in [1.82, 2.24) is 5.32 Å². The van der Waals surface area contributed by atoms with Crippen LogP contribution in [0.3, 0.4) is 0 Å². The van der Waals surface area contributed by atoms with Gasteiger partial charge in [-0.3, -0.25) is 4.79 Å². The lowest BCUT2D eigenvalue weighted by molar-refractivity contribution is 0.0940. The monoisotopic (exact) mass is 462 g/mol. The third-order valence-corrected chi connectivity index (χ3v) is 7.26. The van der Waals surface area contributed by atoms with Gasteiger partial charge >= 0.3 is 0 Å². The highest BCUT2D eigenvalue weighted by molar-refractivity contribution is 6.36. The molecule has 2 N–H and O–H groups in total. The van der Waals surface area contributed by atoms with Crippen LogP contribution in [0.4, 0.5) is 5.69 Å². The van der Waals surface area contributed by atoms with Gasteiger partial charge in [0.2, 0.25) is 0 Å². The number of nitrogens with one attached hydrogen (secondary N) is 2. The summed E-state index contributed by atoms with van der Waals surface area (Å²) in [6, 6.07) is 21.4. The van der Waals surface area contributed by atoms with Crippen molar-refractivity contribution in [1.29, 1.82) is 0 Å². The fourth-order valence-corrected chi connectivity index (χ4v) is 5.64. The highest BCUT2D eigenvalue weighted by atomic mass is 35.5. The summed E-state index contributed by atoms with van der Waals surface area (Å²) in [5.74, 6) is 0.402. The third kappa shape index (κ3) is 3.70. The number of allylic oxidation sites excluding steroid dienone is 2. The smallest absolute Gasteiger partial charge is 0.253 e. The molecule has 0 fully saturated rings. The molecule has 162 valence electrons. The van der Waals surface area contributed by atoms with Gasteiger partial charge < -0.3 is 10.6 Å². The van der Waals surface area contributed by atoms with Crippen LogP contribution in [0.5, 0.6) is 0 Å². The molecular formula is C27H24Cl2N2O. The van der Waals surface area contributed by atoms with Crippen LogP contribution in [-0.4, -0.2) is 5.91 Å².